The van der Waals surface area contributed by atoms with Crippen molar-refractivity contribution in [2.75, 3.05) is 0 Å². The van der Waals surface area contributed by atoms with E-state index in [2.05, 4.69) is 13.8 Å². The quantitative estimate of drug-likeness (QED) is 0.0303. The molecule has 1 N–H and O–H groups in total. The molecule has 0 atom stereocenters. The van der Waals surface area contributed by atoms with Gasteiger partial charge in [-0.3, -0.25) is 4.55 Å². The van der Waals surface area contributed by atoms with Gasteiger partial charge >= 0.3 is 11.9 Å². The molecule has 0 bridgehead atoms. The van der Waals surface area contributed by atoms with Crippen molar-refractivity contribution in [1.82, 2.24) is 0 Å². The highest BCUT2D eigenvalue weighted by Gasteiger charge is 2.28. The Morgan fingerprint density at radius 2 is 0.759 bits per heavy atom. The molecule has 58 heavy (non-hydrogen) atoms. The van der Waals surface area contributed by atoms with Crippen molar-refractivity contribution >= 4 is 22.1 Å². The number of unbranched alkanes of at least 4 members (excludes halogenated alkanes) is 34. The van der Waals surface area contributed by atoms with Crippen molar-refractivity contribution in [2.24, 2.45) is 0 Å². The van der Waals surface area contributed by atoms with Gasteiger partial charge in [0, 0.05) is 0 Å². The first-order valence-corrected chi connectivity index (χ1v) is 25.6. The third-order valence-electron chi connectivity index (χ3n) is 11.2. The molecule has 0 saturated heterocycles. The smallest absolute Gasteiger partial charge is 0.345 e. The van der Waals surface area contributed by atoms with E-state index in [0.29, 0.717) is 6.42 Å². The minimum Gasteiger partial charge on any atom is -0.431 e. The normalized spacial score (nSPS) is 11.9. The summed E-state index contributed by atoms with van der Waals surface area (Å²) < 4.78 is 44.5. The van der Waals surface area contributed by atoms with Gasteiger partial charge in [-0.25, -0.2) is 9.59 Å². The third kappa shape index (κ3) is 30.6. The average molecular weight is 831 g/mol. The minimum absolute atomic E-state index is 0.288. The zero-order valence-corrected chi connectivity index (χ0v) is 38.1. The fourth-order valence-electron chi connectivity index (χ4n) is 7.58. The molecular formula is C50H86O7S. The van der Waals surface area contributed by atoms with Crippen LogP contribution < -0.4 is 0 Å². The molecule has 0 unspecified atom stereocenters. The Hall–Kier alpha value is -2.45. The van der Waals surface area contributed by atoms with Gasteiger partial charge in [0.05, 0.1) is 23.7 Å². The molecule has 1 aromatic rings. The second-order valence-electron chi connectivity index (χ2n) is 16.6. The van der Waals surface area contributed by atoms with Crippen LogP contribution in [0.5, 0.6) is 0 Å². The molecule has 0 amide bonds. The second-order valence-corrected chi connectivity index (χ2v) is 18.0. The highest BCUT2D eigenvalue weighted by molar-refractivity contribution is 7.86. The number of ether oxygens (including phenoxy) is 2. The number of esters is 2. The topological polar surface area (TPSA) is 107 Å². The van der Waals surface area contributed by atoms with Crippen molar-refractivity contribution in [3.63, 3.8) is 0 Å². The van der Waals surface area contributed by atoms with Crippen molar-refractivity contribution in [1.29, 1.82) is 0 Å². The molecule has 7 nitrogen and oxygen atoms in total. The third-order valence-corrected chi connectivity index (χ3v) is 12.1. The summed E-state index contributed by atoms with van der Waals surface area (Å²) >= 11 is 0. The molecule has 0 aliphatic rings. The van der Waals surface area contributed by atoms with E-state index in [1.165, 1.54) is 217 Å². The van der Waals surface area contributed by atoms with Crippen LogP contribution in [0.4, 0.5) is 0 Å². The summed E-state index contributed by atoms with van der Waals surface area (Å²) in [5.74, 6) is -1.95. The van der Waals surface area contributed by atoms with Crippen LogP contribution >= 0.6 is 0 Å². The molecule has 8 heteroatoms. The molecule has 334 valence electrons. The lowest BCUT2D eigenvalue weighted by molar-refractivity contribution is 0.0614. The predicted molar refractivity (Wildman–Crippen MR) is 243 cm³/mol. The molecule has 1 rings (SSSR count). The number of hydrogen-bond donors (Lipinski definition) is 1. The summed E-state index contributed by atoms with van der Waals surface area (Å²) in [4.78, 5) is 25.2. The first-order valence-electron chi connectivity index (χ1n) is 24.1. The highest BCUT2D eigenvalue weighted by atomic mass is 32.2. The molecule has 1 aromatic carbocycles. The predicted octanol–water partition coefficient (Wildman–Crippen LogP) is 16.4. The lowest BCUT2D eigenvalue weighted by atomic mass is 10.0. The Kier molecular flexibility index (Phi) is 35.8. The standard InChI is InChI=1S/C50H86O7S/c1-3-5-7-9-11-13-15-17-19-21-23-25-27-29-31-33-35-37-39-44-56-49(51)46-42-41-43-47(58(53,54)55)48(46)50(52)57-45-40-38-36-34-32-30-28-26-24-22-20-18-16-14-12-10-8-6-4-2/h39-45H,3-38H2,1-2H3,(H,53,54,55)/b44-39+,45-40+. The maximum atomic E-state index is 13.0. The van der Waals surface area contributed by atoms with Crippen LogP contribution in [0.2, 0.25) is 0 Å². The van der Waals surface area contributed by atoms with Crippen LogP contribution in [0, 0.1) is 0 Å². The van der Waals surface area contributed by atoms with Gasteiger partial charge in [0.2, 0.25) is 0 Å². The molecule has 0 heterocycles. The Morgan fingerprint density at radius 1 is 0.466 bits per heavy atom. The highest BCUT2D eigenvalue weighted by Crippen LogP contribution is 2.23. The Morgan fingerprint density at radius 3 is 1.07 bits per heavy atom. The Balaban J connectivity index is 2.23. The number of benzene rings is 1. The van der Waals surface area contributed by atoms with E-state index in [1.54, 1.807) is 12.2 Å². The van der Waals surface area contributed by atoms with Gasteiger partial charge in [0.25, 0.3) is 10.1 Å². The van der Waals surface area contributed by atoms with Crippen LogP contribution in [0.25, 0.3) is 0 Å². The maximum Gasteiger partial charge on any atom is 0.345 e. The molecule has 0 aliphatic heterocycles. The van der Waals surface area contributed by atoms with E-state index in [4.69, 9.17) is 9.47 Å². The van der Waals surface area contributed by atoms with Gasteiger partial charge in [-0.2, -0.15) is 8.42 Å². The van der Waals surface area contributed by atoms with Crippen molar-refractivity contribution in [3.8, 4) is 0 Å². The number of allylic oxidation sites excluding steroid dienone is 2. The first-order chi connectivity index (χ1) is 28.3. The molecule has 0 saturated carbocycles. The van der Waals surface area contributed by atoms with E-state index in [-0.39, 0.29) is 5.56 Å². The molecule has 0 aromatic heterocycles. The van der Waals surface area contributed by atoms with E-state index in [0.717, 1.165) is 38.2 Å². The Bertz CT molecular complexity index is 1300. The summed E-state index contributed by atoms with van der Waals surface area (Å²) in [6.07, 6.45) is 52.0. The maximum absolute atomic E-state index is 13.0. The lowest BCUT2D eigenvalue weighted by Crippen LogP contribution is -2.16. The van der Waals surface area contributed by atoms with Crippen LogP contribution in [-0.2, 0) is 19.6 Å². The average Bonchev–Trinajstić information content (AvgIpc) is 3.21. The number of carbonyl (C=O) groups excluding carboxylic acids is 2. The molecule has 0 radical (unpaired) electrons. The number of hydrogen-bond acceptors (Lipinski definition) is 6. The van der Waals surface area contributed by atoms with E-state index < -0.39 is 32.5 Å². The second kappa shape index (κ2) is 38.7. The molecule has 0 aliphatic carbocycles. The van der Waals surface area contributed by atoms with Crippen LogP contribution in [0.15, 0.2) is 47.8 Å². The fourth-order valence-corrected chi connectivity index (χ4v) is 8.28. The van der Waals surface area contributed by atoms with Gasteiger partial charge in [0.15, 0.2) is 0 Å². The summed E-state index contributed by atoms with van der Waals surface area (Å²) in [5, 5.41) is 0. The summed E-state index contributed by atoms with van der Waals surface area (Å²) in [7, 11) is -4.80. The zero-order valence-electron chi connectivity index (χ0n) is 37.3. The molecule has 0 spiro atoms. The van der Waals surface area contributed by atoms with E-state index in [9.17, 15) is 22.6 Å². The van der Waals surface area contributed by atoms with Crippen LogP contribution in [0.1, 0.15) is 266 Å². The van der Waals surface area contributed by atoms with Gasteiger partial charge in [-0.1, -0.05) is 225 Å². The van der Waals surface area contributed by atoms with Crippen molar-refractivity contribution in [3.05, 3.63) is 54.0 Å². The number of rotatable bonds is 41. The van der Waals surface area contributed by atoms with Crippen LogP contribution in [0.3, 0.4) is 0 Å². The van der Waals surface area contributed by atoms with Gasteiger partial charge in [-0.15, -0.1) is 0 Å². The SMILES string of the molecule is CCCCCCCCCCCCCCCCCCC/C=C/OC(=O)c1cccc(S(=O)(=O)O)c1C(=O)O/C=C/CCCCCCCCCCCCCCCCCCC. The van der Waals surface area contributed by atoms with Crippen molar-refractivity contribution in [2.45, 2.75) is 250 Å². The Labute approximate surface area is 356 Å². The molecule has 0 fully saturated rings. The largest absolute Gasteiger partial charge is 0.431 e. The summed E-state index contributed by atoms with van der Waals surface area (Å²) in [6, 6.07) is 3.64. The zero-order chi connectivity index (χ0) is 42.2. The summed E-state index contributed by atoms with van der Waals surface area (Å²) in [5.41, 5.74) is -0.830. The van der Waals surface area contributed by atoms with E-state index in [1.807, 2.05) is 0 Å². The lowest BCUT2D eigenvalue weighted by Gasteiger charge is -2.10. The van der Waals surface area contributed by atoms with Gasteiger partial charge in [0.1, 0.15) is 4.90 Å². The minimum atomic E-state index is -4.80. The van der Waals surface area contributed by atoms with Gasteiger partial charge in [-0.05, 0) is 50.0 Å². The van der Waals surface area contributed by atoms with Crippen molar-refractivity contribution < 1.29 is 32.0 Å². The van der Waals surface area contributed by atoms with Crippen LogP contribution in [-0.4, -0.2) is 24.9 Å². The summed E-state index contributed by atoms with van der Waals surface area (Å²) in [6.45, 7) is 4.54. The molecular weight excluding hydrogens is 745 g/mol. The fraction of sp³-hybridized carbons (Fsp3) is 0.760. The van der Waals surface area contributed by atoms with E-state index >= 15 is 0 Å². The first kappa shape index (κ1) is 53.6. The number of carbonyl (C=O) groups is 2. The monoisotopic (exact) mass is 831 g/mol. The van der Waals surface area contributed by atoms with Gasteiger partial charge < -0.3 is 9.47 Å².